The lowest BCUT2D eigenvalue weighted by atomic mass is 9.87. The average Bonchev–Trinajstić information content (AvgIpc) is 3.06. The summed E-state index contributed by atoms with van der Waals surface area (Å²) in [4.78, 5) is 11.8. The normalized spacial score (nSPS) is 12.2. The van der Waals surface area contributed by atoms with Crippen molar-refractivity contribution in [1.82, 2.24) is 4.57 Å². The van der Waals surface area contributed by atoms with E-state index in [2.05, 4.69) is 16.7 Å². The summed E-state index contributed by atoms with van der Waals surface area (Å²) in [6, 6.07) is 24.8. The number of rotatable bonds is 6. The van der Waals surface area contributed by atoms with Crippen LogP contribution in [-0.2, 0) is 11.3 Å². The fourth-order valence-corrected chi connectivity index (χ4v) is 3.81. The molecule has 1 amide bonds. The minimum absolute atomic E-state index is 0.0558. The Labute approximate surface area is 163 Å². The molecule has 0 radical (unpaired) electrons. The van der Waals surface area contributed by atoms with Gasteiger partial charge in [-0.1, -0.05) is 66.7 Å². The van der Waals surface area contributed by atoms with Crippen LogP contribution in [0.4, 0.5) is 4.39 Å². The van der Waals surface area contributed by atoms with Crippen molar-refractivity contribution < 1.29 is 9.18 Å². The highest BCUT2D eigenvalue weighted by Crippen LogP contribution is 2.36. The van der Waals surface area contributed by atoms with Gasteiger partial charge in [0.25, 0.3) is 0 Å². The zero-order valence-electron chi connectivity index (χ0n) is 15.4. The van der Waals surface area contributed by atoms with E-state index < -0.39 is 11.8 Å². The molecule has 4 heteroatoms. The summed E-state index contributed by atoms with van der Waals surface area (Å²) in [5, 5.41) is 1.01. The summed E-state index contributed by atoms with van der Waals surface area (Å²) in [7, 11) is 0. The number of amides is 1. The van der Waals surface area contributed by atoms with Crippen LogP contribution in [0.2, 0.25) is 0 Å². The number of carbonyl (C=O) groups excluding carboxylic acids is 1. The summed E-state index contributed by atoms with van der Waals surface area (Å²) >= 11 is 0. The Kier molecular flexibility index (Phi) is 4.94. The third-order valence-corrected chi connectivity index (χ3v) is 5.08. The van der Waals surface area contributed by atoms with Crippen molar-refractivity contribution in [3.8, 4) is 0 Å². The molecule has 0 saturated heterocycles. The summed E-state index contributed by atoms with van der Waals surface area (Å²) in [6.45, 7) is 0.696. The molecule has 0 fully saturated rings. The molecule has 4 aromatic rings. The number of carbonyl (C=O) groups is 1. The Balaban J connectivity index is 1.86. The van der Waals surface area contributed by atoms with Gasteiger partial charge in [-0.05, 0) is 28.8 Å². The lowest BCUT2D eigenvalue weighted by Crippen LogP contribution is -2.17. The predicted molar refractivity (Wildman–Crippen MR) is 110 cm³/mol. The lowest BCUT2D eigenvalue weighted by molar-refractivity contribution is -0.118. The molecule has 0 aliphatic rings. The molecule has 0 unspecified atom stereocenters. The third-order valence-electron chi connectivity index (χ3n) is 5.08. The number of benzene rings is 3. The van der Waals surface area contributed by atoms with Gasteiger partial charge in [-0.15, -0.1) is 0 Å². The van der Waals surface area contributed by atoms with E-state index in [-0.39, 0.29) is 12.2 Å². The first kappa shape index (κ1) is 18.0. The molecule has 0 spiro atoms. The first-order valence-corrected chi connectivity index (χ1v) is 9.28. The van der Waals surface area contributed by atoms with Gasteiger partial charge < -0.3 is 10.3 Å². The molecule has 3 nitrogen and oxygen atoms in total. The highest BCUT2D eigenvalue weighted by atomic mass is 19.1. The van der Waals surface area contributed by atoms with E-state index >= 15 is 0 Å². The molecule has 0 bridgehead atoms. The van der Waals surface area contributed by atoms with Crippen LogP contribution in [-0.4, -0.2) is 10.5 Å². The van der Waals surface area contributed by atoms with Crippen LogP contribution in [0.3, 0.4) is 0 Å². The molecular weight excluding hydrogens is 351 g/mol. The van der Waals surface area contributed by atoms with Gasteiger partial charge in [0.2, 0.25) is 5.91 Å². The molecule has 3 aromatic carbocycles. The van der Waals surface area contributed by atoms with E-state index in [1.54, 1.807) is 18.2 Å². The van der Waals surface area contributed by atoms with E-state index in [0.717, 1.165) is 16.5 Å². The van der Waals surface area contributed by atoms with Crippen LogP contribution >= 0.6 is 0 Å². The predicted octanol–water partition coefficient (Wildman–Crippen LogP) is 4.84. The van der Waals surface area contributed by atoms with E-state index in [4.69, 9.17) is 5.73 Å². The Bertz CT molecular complexity index is 1120. The lowest BCUT2D eigenvalue weighted by Gasteiger charge is -2.16. The Hall–Kier alpha value is -3.40. The summed E-state index contributed by atoms with van der Waals surface area (Å²) < 4.78 is 16.7. The number of primary amides is 1. The molecular formula is C24H21FN2O. The summed E-state index contributed by atoms with van der Waals surface area (Å²) in [5.41, 5.74) is 9.15. The van der Waals surface area contributed by atoms with Crippen molar-refractivity contribution in [2.45, 2.75) is 18.9 Å². The molecule has 0 saturated carbocycles. The SMILES string of the molecule is NC(=O)C[C@@H](c1ccccc1F)c1cn(Cc2ccccc2)c2ccccc12. The van der Waals surface area contributed by atoms with Crippen LogP contribution in [0.1, 0.15) is 29.0 Å². The van der Waals surface area contributed by atoms with Crippen molar-refractivity contribution in [3.05, 3.63) is 108 Å². The number of halogens is 1. The second-order valence-corrected chi connectivity index (χ2v) is 6.96. The molecule has 140 valence electrons. The van der Waals surface area contributed by atoms with Crippen LogP contribution in [0.15, 0.2) is 85.1 Å². The molecule has 1 aromatic heterocycles. The monoisotopic (exact) mass is 372 g/mol. The highest BCUT2D eigenvalue weighted by Gasteiger charge is 2.24. The van der Waals surface area contributed by atoms with E-state index in [0.29, 0.717) is 12.1 Å². The van der Waals surface area contributed by atoms with Gasteiger partial charge in [0.05, 0.1) is 0 Å². The number of nitrogens with zero attached hydrogens (tertiary/aromatic N) is 1. The van der Waals surface area contributed by atoms with Crippen molar-refractivity contribution in [3.63, 3.8) is 0 Å². The van der Waals surface area contributed by atoms with Crippen LogP contribution < -0.4 is 5.73 Å². The van der Waals surface area contributed by atoms with Gasteiger partial charge >= 0.3 is 0 Å². The molecule has 1 atom stereocenters. The third kappa shape index (κ3) is 3.54. The molecule has 0 aliphatic carbocycles. The van der Waals surface area contributed by atoms with Crippen molar-refractivity contribution in [2.75, 3.05) is 0 Å². The second kappa shape index (κ2) is 7.69. The molecule has 4 rings (SSSR count). The number of hydrogen-bond acceptors (Lipinski definition) is 1. The van der Waals surface area contributed by atoms with Gasteiger partial charge in [-0.25, -0.2) is 4.39 Å². The smallest absolute Gasteiger partial charge is 0.218 e. The van der Waals surface area contributed by atoms with Crippen LogP contribution in [0.25, 0.3) is 10.9 Å². The minimum Gasteiger partial charge on any atom is -0.370 e. The fraction of sp³-hybridized carbons (Fsp3) is 0.125. The van der Waals surface area contributed by atoms with Gasteiger partial charge in [-0.2, -0.15) is 0 Å². The number of para-hydroxylation sites is 1. The molecule has 28 heavy (non-hydrogen) atoms. The second-order valence-electron chi connectivity index (χ2n) is 6.96. The first-order valence-electron chi connectivity index (χ1n) is 9.28. The summed E-state index contributed by atoms with van der Waals surface area (Å²) in [5.74, 6) is -1.21. The first-order chi connectivity index (χ1) is 13.6. The maximum atomic E-state index is 14.6. The van der Waals surface area contributed by atoms with Crippen molar-refractivity contribution >= 4 is 16.8 Å². The maximum Gasteiger partial charge on any atom is 0.218 e. The summed E-state index contributed by atoms with van der Waals surface area (Å²) in [6.07, 6.45) is 2.08. The standard InChI is InChI=1S/C24H21FN2O/c25-22-12-6-4-10-18(22)20(14-24(26)28)21-16-27(15-17-8-2-1-3-9-17)23-13-7-5-11-19(21)23/h1-13,16,20H,14-15H2,(H2,26,28)/t20-/m0/s1. The van der Waals surface area contributed by atoms with Crippen LogP contribution in [0, 0.1) is 5.82 Å². The number of fused-ring (bicyclic) bond motifs is 1. The Morgan fingerprint density at radius 2 is 1.57 bits per heavy atom. The fourth-order valence-electron chi connectivity index (χ4n) is 3.81. The largest absolute Gasteiger partial charge is 0.370 e. The van der Waals surface area contributed by atoms with Gasteiger partial charge in [0, 0.05) is 36.0 Å². The van der Waals surface area contributed by atoms with Crippen molar-refractivity contribution in [1.29, 1.82) is 0 Å². The number of hydrogen-bond donors (Lipinski definition) is 1. The highest BCUT2D eigenvalue weighted by molar-refractivity contribution is 5.86. The van der Waals surface area contributed by atoms with Gasteiger partial charge in [-0.3, -0.25) is 4.79 Å². The molecule has 0 aliphatic heterocycles. The van der Waals surface area contributed by atoms with Gasteiger partial charge in [0.1, 0.15) is 5.82 Å². The maximum absolute atomic E-state index is 14.6. The van der Waals surface area contributed by atoms with Gasteiger partial charge in [0.15, 0.2) is 0 Å². The number of aromatic nitrogens is 1. The Morgan fingerprint density at radius 3 is 2.32 bits per heavy atom. The van der Waals surface area contributed by atoms with Crippen molar-refractivity contribution in [2.24, 2.45) is 5.73 Å². The van der Waals surface area contributed by atoms with E-state index in [1.165, 1.54) is 11.6 Å². The average molecular weight is 372 g/mol. The van der Waals surface area contributed by atoms with E-state index in [9.17, 15) is 9.18 Å². The topological polar surface area (TPSA) is 48.0 Å². The molecule has 2 N–H and O–H groups in total. The van der Waals surface area contributed by atoms with E-state index in [1.807, 2.05) is 48.7 Å². The minimum atomic E-state index is -0.451. The van der Waals surface area contributed by atoms with Crippen LogP contribution in [0.5, 0.6) is 0 Å². The molecule has 1 heterocycles. The quantitative estimate of drug-likeness (QED) is 0.517. The number of nitrogens with two attached hydrogens (primary N) is 1. The zero-order valence-corrected chi connectivity index (χ0v) is 15.4. The zero-order chi connectivity index (χ0) is 19.5. The Morgan fingerprint density at radius 1 is 0.893 bits per heavy atom.